The number of pyridine rings is 1. The van der Waals surface area contributed by atoms with Gasteiger partial charge in [0.15, 0.2) is 0 Å². The smallest absolute Gasteiger partial charge is 0.227 e. The highest BCUT2D eigenvalue weighted by Crippen LogP contribution is 2.27. The number of hydrogen-bond donors (Lipinski definition) is 1. The summed E-state index contributed by atoms with van der Waals surface area (Å²) in [5, 5.41) is 3.53. The molecule has 2 heterocycles. The third kappa shape index (κ3) is 2.68. The zero-order chi connectivity index (χ0) is 13.0. The Bertz CT molecular complexity index is 547. The second-order valence-corrected chi connectivity index (χ2v) is 3.99. The molecular weight excluding hydrogens is 252 g/mol. The fourth-order valence-corrected chi connectivity index (χ4v) is 1.74. The first-order valence-corrected chi connectivity index (χ1v) is 5.92. The van der Waals surface area contributed by atoms with Gasteiger partial charge in [0.05, 0.1) is 16.8 Å². The molecule has 0 aliphatic carbocycles. The second kappa shape index (κ2) is 5.64. The molecule has 0 spiro atoms. The molecule has 1 N–H and O–H groups in total. The van der Waals surface area contributed by atoms with Gasteiger partial charge in [-0.3, -0.25) is 4.98 Å². The molecule has 0 unspecified atom stereocenters. The van der Waals surface area contributed by atoms with Crippen LogP contribution in [0.5, 0.6) is 11.6 Å². The Labute approximate surface area is 110 Å². The second-order valence-electron chi connectivity index (χ2n) is 3.55. The van der Waals surface area contributed by atoms with Crippen molar-refractivity contribution in [3.63, 3.8) is 0 Å². The third-order valence-electron chi connectivity index (χ3n) is 2.39. The molecule has 0 radical (unpaired) electrons. The Kier molecular flexibility index (Phi) is 3.94. The van der Waals surface area contributed by atoms with Crippen molar-refractivity contribution < 1.29 is 4.74 Å². The number of halogens is 1. The molecule has 0 bridgehead atoms. The number of nitrogens with one attached hydrogen (secondary N) is 1. The van der Waals surface area contributed by atoms with Crippen molar-refractivity contribution >= 4 is 17.4 Å². The molecule has 6 heteroatoms. The summed E-state index contributed by atoms with van der Waals surface area (Å²) >= 11 is 5.86. The number of anilines is 1. The Hall–Kier alpha value is -1.88. The lowest BCUT2D eigenvalue weighted by Crippen LogP contribution is -2.02. The minimum Gasteiger partial charge on any atom is -0.437 e. The number of nitrogens with zero attached hydrogens (tertiary/aromatic N) is 3. The first-order chi connectivity index (χ1) is 8.74. The summed E-state index contributed by atoms with van der Waals surface area (Å²) in [6.07, 6.45) is 5.36. The van der Waals surface area contributed by atoms with Crippen molar-refractivity contribution in [3.8, 4) is 11.6 Å². The normalized spacial score (nSPS) is 10.2. The van der Waals surface area contributed by atoms with E-state index in [9.17, 15) is 0 Å². The van der Waals surface area contributed by atoms with Crippen LogP contribution < -0.4 is 10.1 Å². The first kappa shape index (κ1) is 12.6. The van der Waals surface area contributed by atoms with Crippen LogP contribution in [0.4, 0.5) is 5.82 Å². The minimum absolute atomic E-state index is 0.515. The van der Waals surface area contributed by atoms with Crippen LogP contribution in [0.3, 0.4) is 0 Å². The predicted octanol–water partition coefficient (Wildman–Crippen LogP) is 2.92. The van der Waals surface area contributed by atoms with E-state index in [-0.39, 0.29) is 0 Å². The zero-order valence-corrected chi connectivity index (χ0v) is 10.9. The molecule has 94 valence electrons. The number of aromatic nitrogens is 3. The maximum absolute atomic E-state index is 5.86. The van der Waals surface area contributed by atoms with E-state index in [1.807, 2.05) is 14.0 Å². The van der Waals surface area contributed by atoms with Gasteiger partial charge in [-0.05, 0) is 6.42 Å². The average molecular weight is 265 g/mol. The lowest BCUT2D eigenvalue weighted by Gasteiger charge is -2.11. The van der Waals surface area contributed by atoms with Crippen LogP contribution in [0.2, 0.25) is 5.02 Å². The van der Waals surface area contributed by atoms with Crippen LogP contribution in [0, 0.1) is 0 Å². The van der Waals surface area contributed by atoms with Crippen molar-refractivity contribution in [2.24, 2.45) is 0 Å². The summed E-state index contributed by atoms with van der Waals surface area (Å²) < 4.78 is 5.69. The summed E-state index contributed by atoms with van der Waals surface area (Å²) in [4.78, 5) is 12.2. The fraction of sp³-hybridized carbons (Fsp3) is 0.250. The Morgan fingerprint density at radius 1 is 1.33 bits per heavy atom. The maximum atomic E-state index is 5.86. The molecular formula is C12H13ClN4O. The molecule has 0 saturated heterocycles. The van der Waals surface area contributed by atoms with E-state index in [2.05, 4.69) is 20.3 Å². The maximum Gasteiger partial charge on any atom is 0.227 e. The van der Waals surface area contributed by atoms with E-state index in [1.54, 1.807) is 18.5 Å². The minimum atomic E-state index is 0.515. The van der Waals surface area contributed by atoms with Crippen LogP contribution >= 0.6 is 11.6 Å². The van der Waals surface area contributed by atoms with Gasteiger partial charge in [0, 0.05) is 19.3 Å². The summed E-state index contributed by atoms with van der Waals surface area (Å²) in [7, 11) is 1.81. The zero-order valence-electron chi connectivity index (χ0n) is 10.1. The molecule has 0 fully saturated rings. The summed E-state index contributed by atoms with van der Waals surface area (Å²) in [5.41, 5.74) is 0.917. The van der Waals surface area contributed by atoms with Gasteiger partial charge < -0.3 is 10.1 Å². The van der Waals surface area contributed by atoms with Crippen LogP contribution in [-0.2, 0) is 6.42 Å². The van der Waals surface area contributed by atoms with Gasteiger partial charge in [-0.15, -0.1) is 0 Å². The standard InChI is InChI=1S/C12H13ClN4O/c1-3-10-11(14-2)16-7-17-12(10)18-9-4-8(13)5-15-6-9/h4-7H,3H2,1-2H3,(H,14,16,17). The van der Waals surface area contributed by atoms with Crippen LogP contribution in [0.1, 0.15) is 12.5 Å². The summed E-state index contributed by atoms with van der Waals surface area (Å²) in [6, 6.07) is 1.69. The van der Waals surface area contributed by atoms with Gasteiger partial charge in [-0.1, -0.05) is 18.5 Å². The largest absolute Gasteiger partial charge is 0.437 e. The van der Waals surface area contributed by atoms with E-state index >= 15 is 0 Å². The van der Waals surface area contributed by atoms with Crippen molar-refractivity contribution in [3.05, 3.63) is 35.4 Å². The quantitative estimate of drug-likeness (QED) is 0.920. The average Bonchev–Trinajstić information content (AvgIpc) is 2.38. The van der Waals surface area contributed by atoms with Gasteiger partial charge >= 0.3 is 0 Å². The number of ether oxygens (including phenoxy) is 1. The lowest BCUT2D eigenvalue weighted by molar-refractivity contribution is 0.453. The highest BCUT2D eigenvalue weighted by atomic mass is 35.5. The Morgan fingerprint density at radius 3 is 2.83 bits per heavy atom. The molecule has 0 amide bonds. The summed E-state index contributed by atoms with van der Waals surface area (Å²) in [5.74, 6) is 1.83. The van der Waals surface area contributed by atoms with Crippen LogP contribution in [-0.4, -0.2) is 22.0 Å². The van der Waals surface area contributed by atoms with E-state index in [1.165, 1.54) is 6.33 Å². The van der Waals surface area contributed by atoms with Crippen molar-refractivity contribution in [1.82, 2.24) is 15.0 Å². The SMILES string of the molecule is CCc1c(NC)ncnc1Oc1cncc(Cl)c1. The van der Waals surface area contributed by atoms with E-state index in [4.69, 9.17) is 16.3 Å². The lowest BCUT2D eigenvalue weighted by atomic mass is 10.2. The fourth-order valence-electron chi connectivity index (χ4n) is 1.58. The molecule has 0 aliphatic heterocycles. The molecule has 5 nitrogen and oxygen atoms in total. The molecule has 2 aromatic rings. The predicted molar refractivity (Wildman–Crippen MR) is 70.3 cm³/mol. The van der Waals surface area contributed by atoms with Crippen LogP contribution in [0.25, 0.3) is 0 Å². The van der Waals surface area contributed by atoms with E-state index in [0.29, 0.717) is 16.7 Å². The summed E-state index contributed by atoms with van der Waals surface area (Å²) in [6.45, 7) is 2.02. The highest BCUT2D eigenvalue weighted by molar-refractivity contribution is 6.30. The molecule has 2 aromatic heterocycles. The molecule has 0 aliphatic rings. The Balaban J connectivity index is 2.34. The number of rotatable bonds is 4. The van der Waals surface area contributed by atoms with Gasteiger partial charge in [-0.2, -0.15) is 0 Å². The van der Waals surface area contributed by atoms with E-state index in [0.717, 1.165) is 17.8 Å². The molecule has 18 heavy (non-hydrogen) atoms. The van der Waals surface area contributed by atoms with Gasteiger partial charge in [0.2, 0.25) is 5.88 Å². The first-order valence-electron chi connectivity index (χ1n) is 5.54. The van der Waals surface area contributed by atoms with E-state index < -0.39 is 0 Å². The topological polar surface area (TPSA) is 59.9 Å². The van der Waals surface area contributed by atoms with Gasteiger partial charge in [0.1, 0.15) is 17.9 Å². The molecule has 0 aromatic carbocycles. The molecule has 0 saturated carbocycles. The monoisotopic (exact) mass is 264 g/mol. The van der Waals surface area contributed by atoms with Gasteiger partial charge in [0.25, 0.3) is 0 Å². The Morgan fingerprint density at radius 2 is 2.17 bits per heavy atom. The van der Waals surface area contributed by atoms with Crippen LogP contribution in [0.15, 0.2) is 24.8 Å². The highest BCUT2D eigenvalue weighted by Gasteiger charge is 2.11. The molecule has 0 atom stereocenters. The van der Waals surface area contributed by atoms with Crippen molar-refractivity contribution in [2.45, 2.75) is 13.3 Å². The third-order valence-corrected chi connectivity index (χ3v) is 2.60. The number of hydrogen-bond acceptors (Lipinski definition) is 5. The van der Waals surface area contributed by atoms with Gasteiger partial charge in [-0.25, -0.2) is 9.97 Å². The van der Waals surface area contributed by atoms with Crippen molar-refractivity contribution in [1.29, 1.82) is 0 Å². The van der Waals surface area contributed by atoms with Crippen molar-refractivity contribution in [2.75, 3.05) is 12.4 Å². The molecule has 2 rings (SSSR count).